The fourth-order valence-corrected chi connectivity index (χ4v) is 2.14. The van der Waals surface area contributed by atoms with Crippen molar-refractivity contribution < 1.29 is 29.3 Å². The van der Waals surface area contributed by atoms with Gasteiger partial charge in [0.15, 0.2) is 5.78 Å². The van der Waals surface area contributed by atoms with Crippen molar-refractivity contribution in [3.63, 3.8) is 0 Å². The van der Waals surface area contributed by atoms with Crippen molar-refractivity contribution in [2.75, 3.05) is 0 Å². The Bertz CT molecular complexity index is 322. The average Bonchev–Trinajstić information content (AvgIpc) is 2.58. The monoisotopic (exact) mass is 200 g/mol. The van der Waals surface area contributed by atoms with Crippen molar-refractivity contribution in [1.29, 1.82) is 0 Å². The van der Waals surface area contributed by atoms with Gasteiger partial charge in [-0.15, -0.1) is 0 Å². The molecule has 2 aliphatic heterocycles. The second kappa shape index (κ2) is 2.78. The van der Waals surface area contributed by atoms with Gasteiger partial charge >= 0.3 is 11.9 Å². The molecule has 0 amide bonds. The summed E-state index contributed by atoms with van der Waals surface area (Å²) in [5.41, 5.74) is 0. The van der Waals surface area contributed by atoms with E-state index in [1.165, 1.54) is 0 Å². The quantitative estimate of drug-likeness (QED) is 0.600. The van der Waals surface area contributed by atoms with Gasteiger partial charge in [-0.05, 0) is 0 Å². The molecule has 4 atom stereocenters. The van der Waals surface area contributed by atoms with Crippen LogP contribution in [0, 0.1) is 11.8 Å². The smallest absolute Gasteiger partial charge is 0.310 e. The zero-order valence-electron chi connectivity index (χ0n) is 7.04. The molecule has 0 aliphatic carbocycles. The van der Waals surface area contributed by atoms with Gasteiger partial charge in [0.1, 0.15) is 12.0 Å². The highest BCUT2D eigenvalue weighted by atomic mass is 16.5. The van der Waals surface area contributed by atoms with E-state index >= 15 is 0 Å². The predicted molar refractivity (Wildman–Crippen MR) is 40.5 cm³/mol. The number of ketones is 1. The van der Waals surface area contributed by atoms with Crippen LogP contribution in [-0.2, 0) is 19.1 Å². The number of fused-ring (bicyclic) bond motifs is 2. The van der Waals surface area contributed by atoms with Crippen LogP contribution in [0.3, 0.4) is 0 Å². The lowest BCUT2D eigenvalue weighted by Crippen LogP contribution is -2.42. The Morgan fingerprint density at radius 2 is 1.79 bits per heavy atom. The molecule has 6 heteroatoms. The van der Waals surface area contributed by atoms with Crippen LogP contribution in [-0.4, -0.2) is 40.1 Å². The predicted octanol–water partition coefficient (Wildman–Crippen LogP) is -0.872. The number of Topliss-reactive ketones (excluding diaryl/α,β-unsaturated/α-hetero) is 1. The Labute approximate surface area is 78.5 Å². The summed E-state index contributed by atoms with van der Waals surface area (Å²) in [7, 11) is 0. The zero-order chi connectivity index (χ0) is 10.5. The van der Waals surface area contributed by atoms with Crippen molar-refractivity contribution in [3.05, 3.63) is 0 Å². The number of rotatable bonds is 2. The lowest BCUT2D eigenvalue weighted by atomic mass is 9.79. The van der Waals surface area contributed by atoms with Crippen molar-refractivity contribution in [1.82, 2.24) is 0 Å². The highest BCUT2D eigenvalue weighted by Crippen LogP contribution is 2.41. The molecule has 0 radical (unpaired) electrons. The van der Waals surface area contributed by atoms with Crippen LogP contribution >= 0.6 is 0 Å². The number of hydrogen-bond donors (Lipinski definition) is 2. The minimum Gasteiger partial charge on any atom is -0.481 e. The first kappa shape index (κ1) is 9.14. The first-order valence-electron chi connectivity index (χ1n) is 4.16. The molecule has 4 unspecified atom stereocenters. The van der Waals surface area contributed by atoms with E-state index in [4.69, 9.17) is 14.9 Å². The summed E-state index contributed by atoms with van der Waals surface area (Å²) in [6.07, 6.45) is -1.80. The van der Waals surface area contributed by atoms with Crippen LogP contribution in [0.25, 0.3) is 0 Å². The molecule has 2 bridgehead atoms. The molecule has 76 valence electrons. The van der Waals surface area contributed by atoms with Crippen LogP contribution < -0.4 is 0 Å². The molecule has 6 nitrogen and oxygen atoms in total. The van der Waals surface area contributed by atoms with E-state index in [2.05, 4.69) is 0 Å². The van der Waals surface area contributed by atoms with Crippen molar-refractivity contribution in [2.45, 2.75) is 18.6 Å². The SMILES string of the molecule is O=C1CC2OC1C(C(=O)O)C2C(=O)O. The van der Waals surface area contributed by atoms with Crippen molar-refractivity contribution in [2.24, 2.45) is 11.8 Å². The first-order chi connectivity index (χ1) is 6.52. The van der Waals surface area contributed by atoms with Gasteiger partial charge in [0.05, 0.1) is 12.0 Å². The van der Waals surface area contributed by atoms with Crippen LogP contribution in [0.2, 0.25) is 0 Å². The summed E-state index contributed by atoms with van der Waals surface area (Å²) < 4.78 is 5.02. The Balaban J connectivity index is 2.32. The normalized spacial score (nSPS) is 40.1. The fraction of sp³-hybridized carbons (Fsp3) is 0.625. The standard InChI is InChI=1S/C8H8O6/c9-2-1-3-4(7(10)11)5(8(12)13)6(2)14-3/h3-6H,1H2,(H,10,11)(H,12,13). The molecule has 2 fully saturated rings. The fourth-order valence-electron chi connectivity index (χ4n) is 2.14. The second-order valence-corrected chi connectivity index (χ2v) is 3.49. The van der Waals surface area contributed by atoms with Gasteiger partial charge < -0.3 is 14.9 Å². The third-order valence-electron chi connectivity index (χ3n) is 2.73. The molecule has 14 heavy (non-hydrogen) atoms. The summed E-state index contributed by atoms with van der Waals surface area (Å²) in [6, 6.07) is 0. The lowest BCUT2D eigenvalue weighted by Gasteiger charge is -2.19. The molecule has 2 N–H and O–H groups in total. The molecule has 2 saturated heterocycles. The number of carboxylic acid groups (broad SMARTS) is 2. The van der Waals surface area contributed by atoms with E-state index in [-0.39, 0.29) is 12.2 Å². The molecule has 2 rings (SSSR count). The molecule has 0 spiro atoms. The maximum absolute atomic E-state index is 11.1. The Hall–Kier alpha value is -1.43. The number of hydrogen-bond acceptors (Lipinski definition) is 4. The van der Waals surface area contributed by atoms with Gasteiger partial charge in [0.25, 0.3) is 0 Å². The molecule has 2 heterocycles. The maximum Gasteiger partial charge on any atom is 0.310 e. The Morgan fingerprint density at radius 3 is 2.29 bits per heavy atom. The molecular weight excluding hydrogens is 192 g/mol. The Kier molecular flexibility index (Phi) is 1.81. The highest BCUT2D eigenvalue weighted by molar-refractivity contribution is 5.95. The van der Waals surface area contributed by atoms with Gasteiger partial charge in [0.2, 0.25) is 0 Å². The average molecular weight is 200 g/mol. The minimum absolute atomic E-state index is 0.0193. The van der Waals surface area contributed by atoms with E-state index in [1.807, 2.05) is 0 Å². The number of carbonyl (C=O) groups excluding carboxylic acids is 1. The zero-order valence-corrected chi connectivity index (χ0v) is 7.04. The minimum atomic E-state index is -1.28. The third-order valence-corrected chi connectivity index (χ3v) is 2.73. The summed E-state index contributed by atoms with van der Waals surface area (Å²) >= 11 is 0. The number of ether oxygens (including phenoxy) is 1. The van der Waals surface area contributed by atoms with Crippen molar-refractivity contribution in [3.8, 4) is 0 Å². The van der Waals surface area contributed by atoms with Crippen LogP contribution in [0.15, 0.2) is 0 Å². The maximum atomic E-state index is 11.1. The molecule has 0 aromatic heterocycles. The Morgan fingerprint density at radius 1 is 1.21 bits per heavy atom. The molecule has 2 aliphatic rings. The molecular formula is C8H8O6. The number of aliphatic carboxylic acids is 2. The van der Waals surface area contributed by atoms with Crippen LogP contribution in [0.5, 0.6) is 0 Å². The van der Waals surface area contributed by atoms with E-state index in [0.717, 1.165) is 0 Å². The lowest BCUT2D eigenvalue weighted by molar-refractivity contribution is -0.155. The topological polar surface area (TPSA) is 101 Å². The largest absolute Gasteiger partial charge is 0.481 e. The number of carboxylic acids is 2. The third kappa shape index (κ3) is 1.04. The molecule has 0 aromatic rings. The van der Waals surface area contributed by atoms with Gasteiger partial charge in [0, 0.05) is 6.42 Å². The molecule has 0 aromatic carbocycles. The van der Waals surface area contributed by atoms with E-state index in [1.54, 1.807) is 0 Å². The summed E-state index contributed by atoms with van der Waals surface area (Å²) in [5.74, 6) is -5.11. The first-order valence-corrected chi connectivity index (χ1v) is 4.16. The van der Waals surface area contributed by atoms with E-state index < -0.39 is 36.0 Å². The van der Waals surface area contributed by atoms with Gasteiger partial charge in [-0.3, -0.25) is 14.4 Å². The van der Waals surface area contributed by atoms with Gasteiger partial charge in [-0.2, -0.15) is 0 Å². The van der Waals surface area contributed by atoms with Crippen LogP contribution in [0.1, 0.15) is 6.42 Å². The highest BCUT2D eigenvalue weighted by Gasteiger charge is 2.59. The van der Waals surface area contributed by atoms with Gasteiger partial charge in [-0.1, -0.05) is 0 Å². The van der Waals surface area contributed by atoms with Gasteiger partial charge in [-0.25, -0.2) is 0 Å². The van der Waals surface area contributed by atoms with Crippen LogP contribution in [0.4, 0.5) is 0 Å². The van der Waals surface area contributed by atoms with Crippen molar-refractivity contribution >= 4 is 17.7 Å². The summed E-state index contributed by atoms with van der Waals surface area (Å²) in [6.45, 7) is 0. The second-order valence-electron chi connectivity index (χ2n) is 3.49. The summed E-state index contributed by atoms with van der Waals surface area (Å²) in [4.78, 5) is 32.7. The summed E-state index contributed by atoms with van der Waals surface area (Å²) in [5, 5.41) is 17.6. The number of carbonyl (C=O) groups is 3. The molecule has 0 saturated carbocycles. The van der Waals surface area contributed by atoms with E-state index in [9.17, 15) is 14.4 Å². The van der Waals surface area contributed by atoms with E-state index in [0.29, 0.717) is 0 Å².